The second kappa shape index (κ2) is 11.0. The number of halogens is 2. The molecule has 0 spiro atoms. The topological polar surface area (TPSA) is 69.7 Å². The number of sulfonamides is 1. The van der Waals surface area contributed by atoms with E-state index in [1.807, 2.05) is 30.3 Å². The fraction of sp³-hybridized carbons (Fsp3) is 0.409. The molecule has 31 heavy (non-hydrogen) atoms. The molecule has 1 unspecified atom stereocenters. The van der Waals surface area contributed by atoms with Crippen LogP contribution < -0.4 is 4.72 Å². The first kappa shape index (κ1) is 25.3. The van der Waals surface area contributed by atoms with Crippen molar-refractivity contribution in [3.63, 3.8) is 0 Å². The minimum Gasteiger partial charge on any atom is -0.337 e. The van der Waals surface area contributed by atoms with Gasteiger partial charge in [-0.15, -0.1) is 12.4 Å². The highest BCUT2D eigenvalue weighted by Crippen LogP contribution is 2.24. The predicted molar refractivity (Wildman–Crippen MR) is 121 cm³/mol. The van der Waals surface area contributed by atoms with E-state index in [0.29, 0.717) is 5.56 Å². The minimum atomic E-state index is -3.94. The number of amides is 1. The normalized spacial score (nSPS) is 15.3. The Balaban J connectivity index is 0.00000341. The lowest BCUT2D eigenvalue weighted by atomic mass is 10.0. The third kappa shape index (κ3) is 6.26. The summed E-state index contributed by atoms with van der Waals surface area (Å²) < 4.78 is 40.2. The van der Waals surface area contributed by atoms with Crippen molar-refractivity contribution in [2.24, 2.45) is 0 Å². The molecule has 0 radical (unpaired) electrons. The summed E-state index contributed by atoms with van der Waals surface area (Å²) >= 11 is 0. The zero-order valence-electron chi connectivity index (χ0n) is 17.8. The van der Waals surface area contributed by atoms with Gasteiger partial charge < -0.3 is 9.80 Å². The largest absolute Gasteiger partial charge is 0.337 e. The summed E-state index contributed by atoms with van der Waals surface area (Å²) in [5.74, 6) is -0.993. The van der Waals surface area contributed by atoms with Crippen LogP contribution in [0.25, 0.3) is 0 Å². The van der Waals surface area contributed by atoms with Crippen LogP contribution in [-0.4, -0.2) is 57.9 Å². The maximum absolute atomic E-state index is 14.0. The molecule has 170 valence electrons. The molecule has 1 aliphatic heterocycles. The molecular formula is C22H29ClFN3O3S. The standard InChI is InChI=1S/C22H28FN3O3S.ClH/c1-24-30(28,29)21-14-17(10-11-19(21)23)15-22(27)25(2)20(16-26-12-6-7-13-26)18-8-4-3-5-9-18;/h3-5,8-11,14,20,24H,6-7,12-13,15-16H2,1-2H3;1H. The number of hydrogen-bond donors (Lipinski definition) is 1. The van der Waals surface area contributed by atoms with Crippen molar-refractivity contribution in [3.8, 4) is 0 Å². The molecule has 0 saturated carbocycles. The zero-order chi connectivity index (χ0) is 21.7. The van der Waals surface area contributed by atoms with Crippen LogP contribution in [0.2, 0.25) is 0 Å². The summed E-state index contributed by atoms with van der Waals surface area (Å²) in [4.78, 5) is 16.7. The van der Waals surface area contributed by atoms with Gasteiger partial charge in [0.1, 0.15) is 10.7 Å². The number of benzene rings is 2. The summed E-state index contributed by atoms with van der Waals surface area (Å²) in [5.41, 5.74) is 1.51. The van der Waals surface area contributed by atoms with Gasteiger partial charge >= 0.3 is 0 Å². The molecule has 0 aliphatic carbocycles. The van der Waals surface area contributed by atoms with E-state index in [9.17, 15) is 17.6 Å². The number of likely N-dealkylation sites (N-methyl/N-ethyl adjacent to an activating group) is 1. The van der Waals surface area contributed by atoms with Crippen LogP contribution in [0, 0.1) is 5.82 Å². The van der Waals surface area contributed by atoms with Crippen molar-refractivity contribution in [3.05, 3.63) is 65.5 Å². The lowest BCUT2D eigenvalue weighted by molar-refractivity contribution is -0.131. The molecule has 3 rings (SSSR count). The van der Waals surface area contributed by atoms with Crippen LogP contribution in [-0.2, 0) is 21.2 Å². The summed E-state index contributed by atoms with van der Waals surface area (Å²) in [6, 6.07) is 13.5. The molecule has 2 aromatic rings. The average Bonchev–Trinajstić information content (AvgIpc) is 3.26. The summed E-state index contributed by atoms with van der Waals surface area (Å²) in [5, 5.41) is 0. The van der Waals surface area contributed by atoms with Gasteiger partial charge in [-0.25, -0.2) is 17.5 Å². The lowest BCUT2D eigenvalue weighted by Gasteiger charge is -2.32. The third-order valence-electron chi connectivity index (χ3n) is 5.58. The molecule has 1 saturated heterocycles. The molecule has 1 fully saturated rings. The molecule has 1 amide bonds. The van der Waals surface area contributed by atoms with Crippen LogP contribution in [0.1, 0.15) is 30.0 Å². The molecule has 1 N–H and O–H groups in total. The van der Waals surface area contributed by atoms with Crippen molar-refractivity contribution in [2.45, 2.75) is 30.2 Å². The molecule has 9 heteroatoms. The van der Waals surface area contributed by atoms with E-state index in [1.54, 1.807) is 11.9 Å². The van der Waals surface area contributed by atoms with Crippen molar-refractivity contribution in [1.29, 1.82) is 0 Å². The minimum absolute atomic E-state index is 0. The van der Waals surface area contributed by atoms with Crippen LogP contribution in [0.3, 0.4) is 0 Å². The zero-order valence-corrected chi connectivity index (χ0v) is 19.4. The van der Waals surface area contributed by atoms with E-state index in [1.165, 1.54) is 19.2 Å². The molecule has 2 aromatic carbocycles. The van der Waals surface area contributed by atoms with E-state index in [4.69, 9.17) is 0 Å². The van der Waals surface area contributed by atoms with Crippen molar-refractivity contribution >= 4 is 28.3 Å². The Morgan fingerprint density at radius 2 is 1.81 bits per heavy atom. The SMILES string of the molecule is CNS(=O)(=O)c1cc(CC(=O)N(C)C(CN2CCCC2)c2ccccc2)ccc1F.Cl. The van der Waals surface area contributed by atoms with Gasteiger partial charge in [-0.2, -0.15) is 0 Å². The van der Waals surface area contributed by atoms with Gasteiger partial charge in [0, 0.05) is 13.6 Å². The van der Waals surface area contributed by atoms with Gasteiger partial charge in [-0.3, -0.25) is 4.79 Å². The first-order valence-electron chi connectivity index (χ1n) is 10.1. The smallest absolute Gasteiger partial charge is 0.243 e. The van der Waals surface area contributed by atoms with Gasteiger partial charge in [-0.05, 0) is 56.2 Å². The Morgan fingerprint density at radius 3 is 2.42 bits per heavy atom. The number of carbonyl (C=O) groups is 1. The Labute approximate surface area is 189 Å². The Bertz CT molecular complexity index is 983. The van der Waals surface area contributed by atoms with E-state index in [0.717, 1.165) is 44.1 Å². The van der Waals surface area contributed by atoms with Gasteiger partial charge in [0.05, 0.1) is 12.5 Å². The number of carbonyl (C=O) groups excluding carboxylic acids is 1. The van der Waals surface area contributed by atoms with Crippen LogP contribution in [0.5, 0.6) is 0 Å². The molecule has 1 aliphatic rings. The van der Waals surface area contributed by atoms with Gasteiger partial charge in [0.25, 0.3) is 0 Å². The number of likely N-dealkylation sites (tertiary alicyclic amines) is 1. The van der Waals surface area contributed by atoms with Gasteiger partial charge in [0.15, 0.2) is 0 Å². The fourth-order valence-electron chi connectivity index (χ4n) is 3.78. The highest BCUT2D eigenvalue weighted by Gasteiger charge is 2.26. The highest BCUT2D eigenvalue weighted by molar-refractivity contribution is 7.89. The number of rotatable bonds is 8. The maximum atomic E-state index is 14.0. The van der Waals surface area contributed by atoms with Crippen molar-refractivity contribution in [2.75, 3.05) is 33.7 Å². The molecule has 1 atom stereocenters. The first-order valence-corrected chi connectivity index (χ1v) is 11.5. The van der Waals surface area contributed by atoms with Crippen LogP contribution in [0.15, 0.2) is 53.4 Å². The van der Waals surface area contributed by atoms with E-state index in [-0.39, 0.29) is 30.8 Å². The quantitative estimate of drug-likeness (QED) is 0.645. The maximum Gasteiger partial charge on any atom is 0.243 e. The second-order valence-corrected chi connectivity index (χ2v) is 9.44. The van der Waals surface area contributed by atoms with E-state index in [2.05, 4.69) is 9.62 Å². The first-order chi connectivity index (χ1) is 14.3. The third-order valence-corrected chi connectivity index (χ3v) is 7.01. The van der Waals surface area contributed by atoms with Gasteiger partial charge in [0.2, 0.25) is 15.9 Å². The van der Waals surface area contributed by atoms with Crippen LogP contribution in [0.4, 0.5) is 4.39 Å². The van der Waals surface area contributed by atoms with Gasteiger partial charge in [-0.1, -0.05) is 36.4 Å². The number of hydrogen-bond acceptors (Lipinski definition) is 4. The monoisotopic (exact) mass is 469 g/mol. The lowest BCUT2D eigenvalue weighted by Crippen LogP contribution is -2.39. The fourth-order valence-corrected chi connectivity index (χ4v) is 4.63. The molecule has 6 nitrogen and oxygen atoms in total. The number of nitrogens with one attached hydrogen (secondary N) is 1. The van der Waals surface area contributed by atoms with Crippen LogP contribution >= 0.6 is 12.4 Å². The Hall–Kier alpha value is -2.00. The predicted octanol–water partition coefficient (Wildman–Crippen LogP) is 2.99. The highest BCUT2D eigenvalue weighted by atomic mass is 35.5. The molecular weight excluding hydrogens is 441 g/mol. The van der Waals surface area contributed by atoms with E-state index < -0.39 is 20.7 Å². The summed E-state index contributed by atoms with van der Waals surface area (Å²) in [7, 11) is -0.945. The second-order valence-electron chi connectivity index (χ2n) is 7.59. The Morgan fingerprint density at radius 1 is 1.16 bits per heavy atom. The van der Waals surface area contributed by atoms with Crippen molar-refractivity contribution < 1.29 is 17.6 Å². The van der Waals surface area contributed by atoms with Crippen molar-refractivity contribution in [1.82, 2.24) is 14.5 Å². The molecule has 0 aromatic heterocycles. The average molecular weight is 470 g/mol. The molecule has 1 heterocycles. The molecule has 0 bridgehead atoms. The Kier molecular flexibility index (Phi) is 9.00. The number of nitrogens with zero attached hydrogens (tertiary/aromatic N) is 2. The summed E-state index contributed by atoms with van der Waals surface area (Å²) in [6.07, 6.45) is 2.32. The van der Waals surface area contributed by atoms with E-state index >= 15 is 0 Å². The summed E-state index contributed by atoms with van der Waals surface area (Å²) in [6.45, 7) is 2.79.